The summed E-state index contributed by atoms with van der Waals surface area (Å²) in [6, 6.07) is 1.66. The summed E-state index contributed by atoms with van der Waals surface area (Å²) in [6.45, 7) is 2.58. The van der Waals surface area contributed by atoms with Crippen molar-refractivity contribution in [2.75, 3.05) is 11.9 Å². The number of nitrogens with zero attached hydrogens (tertiary/aromatic N) is 5. The molecule has 0 unspecified atom stereocenters. The van der Waals surface area contributed by atoms with Crippen LogP contribution < -0.4 is 5.32 Å². The topological polar surface area (TPSA) is 107 Å². The number of nitrogens with one attached hydrogen (secondary N) is 1. The number of aromatic nitrogens is 4. The fourth-order valence-electron chi connectivity index (χ4n) is 1.41. The first-order valence-corrected chi connectivity index (χ1v) is 6.71. The van der Waals surface area contributed by atoms with Crippen molar-refractivity contribution in [2.45, 2.75) is 23.4 Å². The molecule has 0 fully saturated rings. The van der Waals surface area contributed by atoms with Crippen LogP contribution in [0.25, 0.3) is 0 Å². The van der Waals surface area contributed by atoms with E-state index in [0.717, 1.165) is 18.2 Å². The standard InChI is InChI=1S/C11H12N6O2S/c1-2-4-13-10-9(17(18)19)11(16-7-15-10)20-8-3-5-12-6-14-8/h3,5-7H,2,4H2,1H3,(H,13,15,16). The van der Waals surface area contributed by atoms with Gasteiger partial charge in [-0.05, 0) is 24.2 Å². The van der Waals surface area contributed by atoms with Crippen LogP contribution in [-0.2, 0) is 0 Å². The van der Waals surface area contributed by atoms with E-state index in [1.54, 1.807) is 12.3 Å². The lowest BCUT2D eigenvalue weighted by molar-refractivity contribution is -0.387. The van der Waals surface area contributed by atoms with Gasteiger partial charge in [-0.2, -0.15) is 0 Å². The van der Waals surface area contributed by atoms with E-state index < -0.39 is 4.92 Å². The van der Waals surface area contributed by atoms with Crippen molar-refractivity contribution >= 4 is 23.3 Å². The van der Waals surface area contributed by atoms with E-state index in [1.165, 1.54) is 12.7 Å². The maximum atomic E-state index is 11.2. The lowest BCUT2D eigenvalue weighted by Gasteiger charge is -2.06. The van der Waals surface area contributed by atoms with Crippen LogP contribution in [0.2, 0.25) is 0 Å². The average Bonchev–Trinajstić information content (AvgIpc) is 2.46. The Hall–Kier alpha value is -2.29. The second-order valence-corrected chi connectivity index (χ2v) is 4.72. The molecule has 0 amide bonds. The van der Waals surface area contributed by atoms with E-state index in [1.807, 2.05) is 6.92 Å². The highest BCUT2D eigenvalue weighted by Gasteiger charge is 2.23. The highest BCUT2D eigenvalue weighted by Crippen LogP contribution is 2.35. The van der Waals surface area contributed by atoms with Crippen LogP contribution in [0.3, 0.4) is 0 Å². The number of hydrogen-bond donors (Lipinski definition) is 1. The molecule has 0 saturated heterocycles. The van der Waals surface area contributed by atoms with Gasteiger partial charge in [-0.3, -0.25) is 10.1 Å². The minimum Gasteiger partial charge on any atom is -0.364 e. The molecule has 0 bridgehead atoms. The van der Waals surface area contributed by atoms with Gasteiger partial charge in [0.1, 0.15) is 17.7 Å². The Morgan fingerprint density at radius 2 is 2.20 bits per heavy atom. The highest BCUT2D eigenvalue weighted by atomic mass is 32.2. The fraction of sp³-hybridized carbons (Fsp3) is 0.273. The molecule has 8 nitrogen and oxygen atoms in total. The smallest absolute Gasteiger partial charge is 0.343 e. The minimum atomic E-state index is -0.485. The Morgan fingerprint density at radius 3 is 2.85 bits per heavy atom. The largest absolute Gasteiger partial charge is 0.364 e. The van der Waals surface area contributed by atoms with Crippen LogP contribution in [0.1, 0.15) is 13.3 Å². The molecule has 0 aliphatic heterocycles. The predicted octanol–water partition coefficient (Wildman–Crippen LogP) is 2.15. The van der Waals surface area contributed by atoms with Gasteiger partial charge in [0.25, 0.3) is 0 Å². The van der Waals surface area contributed by atoms with Gasteiger partial charge in [0.2, 0.25) is 5.82 Å². The Kier molecular flexibility index (Phi) is 4.77. The third kappa shape index (κ3) is 3.38. The van der Waals surface area contributed by atoms with Crippen LogP contribution in [0, 0.1) is 10.1 Å². The van der Waals surface area contributed by atoms with Gasteiger partial charge < -0.3 is 5.32 Å². The SMILES string of the molecule is CCCNc1ncnc(Sc2ccncn2)c1[N+](=O)[O-]. The first-order valence-electron chi connectivity index (χ1n) is 5.89. The van der Waals surface area contributed by atoms with Crippen LogP contribution in [-0.4, -0.2) is 31.4 Å². The molecule has 9 heteroatoms. The summed E-state index contributed by atoms with van der Waals surface area (Å²) in [5, 5.41) is 15.0. The molecule has 0 aliphatic rings. The molecule has 2 heterocycles. The zero-order valence-electron chi connectivity index (χ0n) is 10.7. The van der Waals surface area contributed by atoms with Crippen molar-refractivity contribution in [2.24, 2.45) is 0 Å². The molecule has 0 aromatic carbocycles. The maximum absolute atomic E-state index is 11.2. The summed E-state index contributed by atoms with van der Waals surface area (Å²) in [7, 11) is 0. The van der Waals surface area contributed by atoms with Gasteiger partial charge in [-0.15, -0.1) is 0 Å². The van der Waals surface area contributed by atoms with E-state index >= 15 is 0 Å². The number of nitro groups is 1. The molecular formula is C11H12N6O2S. The van der Waals surface area contributed by atoms with Crippen molar-refractivity contribution in [3.05, 3.63) is 35.0 Å². The van der Waals surface area contributed by atoms with Crippen LogP contribution in [0.5, 0.6) is 0 Å². The first-order chi connectivity index (χ1) is 9.72. The van der Waals surface area contributed by atoms with Crippen LogP contribution in [0.15, 0.2) is 35.0 Å². The summed E-state index contributed by atoms with van der Waals surface area (Å²) >= 11 is 1.11. The van der Waals surface area contributed by atoms with Gasteiger partial charge in [-0.25, -0.2) is 19.9 Å². The maximum Gasteiger partial charge on any atom is 0.343 e. The molecule has 20 heavy (non-hydrogen) atoms. The van der Waals surface area contributed by atoms with E-state index in [9.17, 15) is 10.1 Å². The average molecular weight is 292 g/mol. The summed E-state index contributed by atoms with van der Waals surface area (Å²) in [6.07, 6.45) is 5.09. The Bertz CT molecular complexity index is 595. The summed E-state index contributed by atoms with van der Waals surface area (Å²) in [4.78, 5) is 26.5. The van der Waals surface area contributed by atoms with Gasteiger partial charge in [0.05, 0.1) is 4.92 Å². The molecule has 0 saturated carbocycles. The zero-order chi connectivity index (χ0) is 14.4. The summed E-state index contributed by atoms with van der Waals surface area (Å²) in [5.41, 5.74) is -0.135. The minimum absolute atomic E-state index is 0.135. The third-order valence-electron chi connectivity index (χ3n) is 2.27. The van der Waals surface area contributed by atoms with E-state index in [-0.39, 0.29) is 16.5 Å². The molecule has 104 valence electrons. The Balaban J connectivity index is 2.34. The molecule has 2 aromatic rings. The molecule has 2 aromatic heterocycles. The van der Waals surface area contributed by atoms with Crippen molar-refractivity contribution in [3.8, 4) is 0 Å². The molecule has 0 aliphatic carbocycles. The van der Waals surface area contributed by atoms with Gasteiger partial charge in [-0.1, -0.05) is 6.92 Å². The lowest BCUT2D eigenvalue weighted by atomic mass is 10.4. The van der Waals surface area contributed by atoms with E-state index in [2.05, 4.69) is 25.3 Å². The van der Waals surface area contributed by atoms with Gasteiger partial charge in [0.15, 0.2) is 5.03 Å². The first kappa shape index (κ1) is 14.1. The molecule has 0 spiro atoms. The van der Waals surface area contributed by atoms with E-state index in [0.29, 0.717) is 11.6 Å². The second kappa shape index (κ2) is 6.75. The van der Waals surface area contributed by atoms with Crippen molar-refractivity contribution in [1.29, 1.82) is 0 Å². The Labute approximate surface area is 119 Å². The molecule has 1 N–H and O–H groups in total. The van der Waals surface area contributed by atoms with Crippen molar-refractivity contribution in [1.82, 2.24) is 19.9 Å². The molecule has 2 rings (SSSR count). The van der Waals surface area contributed by atoms with Crippen LogP contribution in [0.4, 0.5) is 11.5 Å². The zero-order valence-corrected chi connectivity index (χ0v) is 11.5. The van der Waals surface area contributed by atoms with Crippen molar-refractivity contribution in [3.63, 3.8) is 0 Å². The predicted molar refractivity (Wildman–Crippen MR) is 73.6 cm³/mol. The van der Waals surface area contributed by atoms with Gasteiger partial charge >= 0.3 is 5.69 Å². The molecule has 0 radical (unpaired) electrons. The third-order valence-corrected chi connectivity index (χ3v) is 3.21. The Morgan fingerprint density at radius 1 is 1.35 bits per heavy atom. The monoisotopic (exact) mass is 292 g/mol. The van der Waals surface area contributed by atoms with E-state index in [4.69, 9.17) is 0 Å². The normalized spacial score (nSPS) is 10.2. The summed E-state index contributed by atoms with van der Waals surface area (Å²) < 4.78 is 0. The van der Waals surface area contributed by atoms with Gasteiger partial charge in [0, 0.05) is 12.7 Å². The number of anilines is 1. The second-order valence-electron chi connectivity index (χ2n) is 3.71. The number of hydrogen-bond acceptors (Lipinski definition) is 8. The fourth-order valence-corrected chi connectivity index (χ4v) is 2.21. The van der Waals surface area contributed by atoms with Crippen molar-refractivity contribution < 1.29 is 4.92 Å². The quantitative estimate of drug-likeness (QED) is 0.490. The number of rotatable bonds is 6. The lowest BCUT2D eigenvalue weighted by Crippen LogP contribution is -2.07. The summed E-state index contributed by atoms with van der Waals surface area (Å²) in [5.74, 6) is 0.225. The molecular weight excluding hydrogens is 280 g/mol. The van der Waals surface area contributed by atoms with Crippen LogP contribution >= 0.6 is 11.8 Å². The highest BCUT2D eigenvalue weighted by molar-refractivity contribution is 7.99. The molecule has 0 atom stereocenters.